The normalized spacial score (nSPS) is 17.6. The molecule has 38 heavy (non-hydrogen) atoms. The first-order valence-electron chi connectivity index (χ1n) is 13.1. The van der Waals surface area contributed by atoms with Crippen molar-refractivity contribution in [1.29, 1.82) is 0 Å². The van der Waals surface area contributed by atoms with E-state index in [2.05, 4.69) is 30.7 Å². The van der Waals surface area contributed by atoms with Crippen molar-refractivity contribution < 1.29 is 19.0 Å². The number of aromatic nitrogens is 2. The molecule has 3 heterocycles. The lowest BCUT2D eigenvalue weighted by molar-refractivity contribution is -0.120. The summed E-state index contributed by atoms with van der Waals surface area (Å²) in [6, 6.07) is 15.1. The minimum atomic E-state index is -0.457. The molecule has 0 saturated carbocycles. The Morgan fingerprint density at radius 3 is 2.58 bits per heavy atom. The standard InChI is InChI=1S/C26H31FN6O3.C2H6/c1-31(25-28-13-10-24(30-25)36-18-35-17-34)21-11-14-32(15-12-21)26-29-22-4-2-3-5-23(22)33(26)16-19-6-8-20(27)9-7-19;1-2/h2-10,13,21,24,34H,11-12,14-18H2,1H3,(H,28,30);1-2H3. The minimum absolute atomic E-state index is 0.0245. The Morgan fingerprint density at radius 2 is 1.84 bits per heavy atom. The number of aliphatic hydroxyl groups is 1. The van der Waals surface area contributed by atoms with Gasteiger partial charge in [-0.1, -0.05) is 38.1 Å². The molecule has 1 atom stereocenters. The second-order valence-electron chi connectivity index (χ2n) is 8.91. The highest BCUT2D eigenvalue weighted by Crippen LogP contribution is 2.27. The predicted octanol–water partition coefficient (Wildman–Crippen LogP) is 3.89. The van der Waals surface area contributed by atoms with E-state index in [9.17, 15) is 4.39 Å². The maximum Gasteiger partial charge on any atom is 0.206 e. The zero-order valence-corrected chi connectivity index (χ0v) is 22.3. The number of nitrogens with zero attached hydrogens (tertiary/aromatic N) is 5. The van der Waals surface area contributed by atoms with Crippen LogP contribution >= 0.6 is 0 Å². The number of hydrogen-bond donors (Lipinski definition) is 2. The average molecular weight is 525 g/mol. The van der Waals surface area contributed by atoms with Gasteiger partial charge in [-0.3, -0.25) is 0 Å². The van der Waals surface area contributed by atoms with E-state index < -0.39 is 6.23 Å². The summed E-state index contributed by atoms with van der Waals surface area (Å²) >= 11 is 0. The Morgan fingerprint density at radius 1 is 1.11 bits per heavy atom. The number of guanidine groups is 1. The SMILES string of the molecule is CC.CN(C1=NC(OCOCO)C=CN1)C1CCN(c2nc3ccccc3n2Cc2ccc(F)cc2)CC1. The highest BCUT2D eigenvalue weighted by atomic mass is 19.1. The first kappa shape index (κ1) is 27.6. The van der Waals surface area contributed by atoms with E-state index in [1.807, 2.05) is 57.4 Å². The lowest BCUT2D eigenvalue weighted by Crippen LogP contribution is -2.50. The molecule has 1 unspecified atom stereocenters. The molecule has 0 bridgehead atoms. The molecule has 204 valence electrons. The van der Waals surface area contributed by atoms with Gasteiger partial charge < -0.3 is 34.3 Å². The number of aliphatic imine (C=N–C) groups is 1. The molecule has 0 aliphatic carbocycles. The number of para-hydroxylation sites is 2. The van der Waals surface area contributed by atoms with Crippen LogP contribution < -0.4 is 10.2 Å². The summed E-state index contributed by atoms with van der Waals surface area (Å²) in [4.78, 5) is 14.1. The van der Waals surface area contributed by atoms with Crippen LogP contribution in [0.5, 0.6) is 0 Å². The van der Waals surface area contributed by atoms with Crippen LogP contribution in [0.2, 0.25) is 0 Å². The quantitative estimate of drug-likeness (QED) is 0.342. The molecule has 5 rings (SSSR count). The maximum absolute atomic E-state index is 13.4. The van der Waals surface area contributed by atoms with E-state index in [1.54, 1.807) is 6.08 Å². The Labute approximate surface area is 223 Å². The summed E-state index contributed by atoms with van der Waals surface area (Å²) in [5.41, 5.74) is 3.06. The number of ether oxygens (including phenoxy) is 2. The molecule has 1 saturated heterocycles. The Hall–Kier alpha value is -3.47. The fraction of sp³-hybridized carbons (Fsp3) is 0.429. The Kier molecular flexibility index (Phi) is 9.69. The third-order valence-corrected chi connectivity index (χ3v) is 6.65. The van der Waals surface area contributed by atoms with Gasteiger partial charge in [0.15, 0.2) is 13.0 Å². The van der Waals surface area contributed by atoms with Crippen LogP contribution in [0.25, 0.3) is 11.0 Å². The summed E-state index contributed by atoms with van der Waals surface area (Å²) in [7, 11) is 2.04. The number of halogens is 1. The molecule has 2 N–H and O–H groups in total. The number of rotatable bonds is 8. The topological polar surface area (TPSA) is 87.4 Å². The van der Waals surface area contributed by atoms with E-state index in [-0.39, 0.29) is 19.4 Å². The van der Waals surface area contributed by atoms with Gasteiger partial charge in [-0.05, 0) is 48.7 Å². The molecule has 10 heteroatoms. The van der Waals surface area contributed by atoms with Crippen LogP contribution in [0.4, 0.5) is 10.3 Å². The van der Waals surface area contributed by atoms with E-state index in [0.717, 1.165) is 54.4 Å². The third kappa shape index (κ3) is 6.50. The van der Waals surface area contributed by atoms with Crippen LogP contribution in [-0.4, -0.2) is 71.5 Å². The average Bonchev–Trinajstić information content (AvgIpc) is 3.33. The van der Waals surface area contributed by atoms with Gasteiger partial charge in [-0.2, -0.15) is 0 Å². The van der Waals surface area contributed by atoms with Crippen molar-refractivity contribution in [3.63, 3.8) is 0 Å². The molecule has 3 aromatic rings. The first-order valence-corrected chi connectivity index (χ1v) is 13.1. The number of nitrogens with one attached hydrogen (secondary N) is 1. The van der Waals surface area contributed by atoms with Crippen molar-refractivity contribution >= 4 is 22.9 Å². The van der Waals surface area contributed by atoms with E-state index in [0.29, 0.717) is 12.6 Å². The van der Waals surface area contributed by atoms with Crippen molar-refractivity contribution in [3.05, 3.63) is 72.2 Å². The van der Waals surface area contributed by atoms with Crippen LogP contribution in [0.15, 0.2) is 65.8 Å². The second kappa shape index (κ2) is 13.4. The summed E-state index contributed by atoms with van der Waals surface area (Å²) in [6.07, 6.45) is 5.04. The van der Waals surface area contributed by atoms with Gasteiger partial charge in [0.1, 0.15) is 12.6 Å². The minimum Gasteiger partial charge on any atom is -0.371 e. The predicted molar refractivity (Wildman–Crippen MR) is 147 cm³/mol. The summed E-state index contributed by atoms with van der Waals surface area (Å²) in [5, 5.41) is 12.0. The van der Waals surface area contributed by atoms with Crippen molar-refractivity contribution in [2.75, 3.05) is 38.6 Å². The van der Waals surface area contributed by atoms with E-state index in [4.69, 9.17) is 19.6 Å². The number of benzene rings is 2. The van der Waals surface area contributed by atoms with Crippen LogP contribution in [0, 0.1) is 5.82 Å². The van der Waals surface area contributed by atoms with Crippen LogP contribution in [-0.2, 0) is 16.0 Å². The van der Waals surface area contributed by atoms with Crippen LogP contribution in [0.1, 0.15) is 32.3 Å². The van der Waals surface area contributed by atoms with Gasteiger partial charge in [0, 0.05) is 32.4 Å². The fourth-order valence-electron chi connectivity index (χ4n) is 4.71. The zero-order valence-electron chi connectivity index (χ0n) is 22.3. The number of anilines is 1. The lowest BCUT2D eigenvalue weighted by Gasteiger charge is -2.39. The molecule has 1 aromatic heterocycles. The number of hydrogen-bond acceptors (Lipinski definition) is 8. The van der Waals surface area contributed by atoms with Crippen LogP contribution in [0.3, 0.4) is 0 Å². The van der Waals surface area contributed by atoms with Crippen molar-refractivity contribution in [2.45, 2.75) is 45.5 Å². The van der Waals surface area contributed by atoms with Gasteiger partial charge in [-0.15, -0.1) is 0 Å². The summed E-state index contributed by atoms with van der Waals surface area (Å²) in [6.45, 7) is 5.93. The molecular weight excluding hydrogens is 487 g/mol. The highest BCUT2D eigenvalue weighted by molar-refractivity contribution is 5.82. The second-order valence-corrected chi connectivity index (χ2v) is 8.91. The van der Waals surface area contributed by atoms with Gasteiger partial charge in [0.05, 0.1) is 17.6 Å². The smallest absolute Gasteiger partial charge is 0.206 e. The monoisotopic (exact) mass is 524 g/mol. The highest BCUT2D eigenvalue weighted by Gasteiger charge is 2.28. The first-order chi connectivity index (χ1) is 18.6. The molecule has 9 nitrogen and oxygen atoms in total. The maximum atomic E-state index is 13.4. The zero-order chi connectivity index (χ0) is 26.9. The largest absolute Gasteiger partial charge is 0.371 e. The molecule has 2 aliphatic rings. The lowest BCUT2D eigenvalue weighted by atomic mass is 10.0. The number of piperidine rings is 1. The molecular formula is C28H37FN6O3. The van der Waals surface area contributed by atoms with Crippen molar-refractivity contribution in [1.82, 2.24) is 19.8 Å². The van der Waals surface area contributed by atoms with Gasteiger partial charge in [0.2, 0.25) is 11.9 Å². The third-order valence-electron chi connectivity index (χ3n) is 6.65. The van der Waals surface area contributed by atoms with Gasteiger partial charge >= 0.3 is 0 Å². The van der Waals surface area contributed by atoms with E-state index in [1.165, 1.54) is 12.1 Å². The summed E-state index contributed by atoms with van der Waals surface area (Å²) in [5.74, 6) is 1.45. The Balaban J connectivity index is 0.00000164. The summed E-state index contributed by atoms with van der Waals surface area (Å²) < 4.78 is 26.0. The molecule has 0 spiro atoms. The molecule has 2 aromatic carbocycles. The molecule has 2 aliphatic heterocycles. The molecule has 0 amide bonds. The van der Waals surface area contributed by atoms with Crippen molar-refractivity contribution in [2.24, 2.45) is 4.99 Å². The molecule has 0 radical (unpaired) electrons. The fourth-order valence-corrected chi connectivity index (χ4v) is 4.71. The van der Waals surface area contributed by atoms with Gasteiger partial charge in [-0.25, -0.2) is 14.4 Å². The Bertz CT molecular complexity index is 1220. The van der Waals surface area contributed by atoms with Crippen molar-refractivity contribution in [3.8, 4) is 0 Å². The number of fused-ring (bicyclic) bond motifs is 1. The van der Waals surface area contributed by atoms with Gasteiger partial charge in [0.25, 0.3) is 0 Å². The van der Waals surface area contributed by atoms with E-state index >= 15 is 0 Å². The molecule has 1 fully saturated rings. The number of imidazole rings is 1. The number of aliphatic hydroxyl groups excluding tert-OH is 1.